The summed E-state index contributed by atoms with van der Waals surface area (Å²) in [7, 11) is 0. The summed E-state index contributed by atoms with van der Waals surface area (Å²) in [6, 6.07) is 7.33. The number of aromatic nitrogens is 2. The molecule has 2 aromatic rings. The molecule has 1 saturated carbocycles. The summed E-state index contributed by atoms with van der Waals surface area (Å²) in [6.45, 7) is 0.678. The Kier molecular flexibility index (Phi) is 3.70. The fourth-order valence-corrected chi connectivity index (χ4v) is 2.78. The third-order valence-electron chi connectivity index (χ3n) is 3.87. The van der Waals surface area contributed by atoms with Gasteiger partial charge in [-0.2, -0.15) is 0 Å². The number of aromatic carboxylic acids is 1. The highest BCUT2D eigenvalue weighted by molar-refractivity contribution is 5.93. The van der Waals surface area contributed by atoms with Crippen LogP contribution in [0.3, 0.4) is 0 Å². The summed E-state index contributed by atoms with van der Waals surface area (Å²) in [6.07, 6.45) is 2.37. The second-order valence-electron chi connectivity index (χ2n) is 5.43. The van der Waals surface area contributed by atoms with Crippen LogP contribution in [0, 0.1) is 5.92 Å². The van der Waals surface area contributed by atoms with Gasteiger partial charge in [-0.3, -0.25) is 0 Å². The van der Waals surface area contributed by atoms with Crippen molar-refractivity contribution in [3.05, 3.63) is 30.1 Å². The minimum Gasteiger partial charge on any atom is -0.475 e. The van der Waals surface area contributed by atoms with E-state index in [0.29, 0.717) is 23.8 Å². The van der Waals surface area contributed by atoms with Crippen molar-refractivity contribution < 1.29 is 15.0 Å². The van der Waals surface area contributed by atoms with Crippen LogP contribution in [0.5, 0.6) is 0 Å². The molecule has 21 heavy (non-hydrogen) atoms. The number of nitrogens with zero attached hydrogens (tertiary/aromatic N) is 2. The third-order valence-corrected chi connectivity index (χ3v) is 3.87. The largest absolute Gasteiger partial charge is 0.475 e. The van der Waals surface area contributed by atoms with Gasteiger partial charge in [-0.05, 0) is 37.3 Å². The fraction of sp³-hybridized carbons (Fsp3) is 0.400. The average molecular weight is 287 g/mol. The summed E-state index contributed by atoms with van der Waals surface area (Å²) in [5.74, 6) is -0.413. The van der Waals surface area contributed by atoms with E-state index >= 15 is 0 Å². The highest BCUT2D eigenvalue weighted by Gasteiger charge is 2.23. The van der Waals surface area contributed by atoms with E-state index in [1.165, 1.54) is 0 Å². The molecule has 110 valence electrons. The number of anilines is 1. The molecule has 1 aromatic carbocycles. The van der Waals surface area contributed by atoms with E-state index in [1.54, 1.807) is 6.07 Å². The zero-order valence-corrected chi connectivity index (χ0v) is 11.5. The Morgan fingerprint density at radius 1 is 1.29 bits per heavy atom. The van der Waals surface area contributed by atoms with Gasteiger partial charge in [-0.15, -0.1) is 0 Å². The first-order valence-corrected chi connectivity index (χ1v) is 7.05. The molecule has 3 N–H and O–H groups in total. The number of benzene rings is 1. The molecule has 0 saturated heterocycles. The molecule has 2 atom stereocenters. The average Bonchev–Trinajstić information content (AvgIpc) is 2.90. The molecule has 0 spiro atoms. The molecule has 1 heterocycles. The van der Waals surface area contributed by atoms with E-state index in [-0.39, 0.29) is 11.9 Å². The monoisotopic (exact) mass is 287 g/mol. The summed E-state index contributed by atoms with van der Waals surface area (Å²) >= 11 is 0. The van der Waals surface area contributed by atoms with Crippen LogP contribution in [-0.2, 0) is 0 Å². The Morgan fingerprint density at radius 3 is 2.81 bits per heavy atom. The van der Waals surface area contributed by atoms with E-state index in [2.05, 4.69) is 15.3 Å². The number of fused-ring (bicyclic) bond motifs is 1. The molecule has 0 aliphatic heterocycles. The number of hydrogen-bond donors (Lipinski definition) is 3. The highest BCUT2D eigenvalue weighted by Crippen LogP contribution is 2.27. The van der Waals surface area contributed by atoms with E-state index < -0.39 is 5.97 Å². The summed E-state index contributed by atoms with van der Waals surface area (Å²) in [5.41, 5.74) is 0.610. The van der Waals surface area contributed by atoms with Crippen LogP contribution in [0.4, 0.5) is 5.82 Å². The minimum absolute atomic E-state index is 0.206. The molecular weight excluding hydrogens is 270 g/mol. The van der Waals surface area contributed by atoms with Gasteiger partial charge < -0.3 is 15.5 Å². The topological polar surface area (TPSA) is 95.3 Å². The molecule has 0 radical (unpaired) electrons. The van der Waals surface area contributed by atoms with Crippen LogP contribution in [0.2, 0.25) is 0 Å². The van der Waals surface area contributed by atoms with Gasteiger partial charge in [0.2, 0.25) is 5.82 Å². The Balaban J connectivity index is 1.87. The first-order chi connectivity index (χ1) is 10.1. The molecule has 1 aliphatic rings. The second-order valence-corrected chi connectivity index (χ2v) is 5.43. The molecule has 1 aromatic heterocycles. The smallest absolute Gasteiger partial charge is 0.374 e. The number of carboxylic acid groups (broad SMARTS) is 1. The van der Waals surface area contributed by atoms with Crippen LogP contribution in [0.1, 0.15) is 29.9 Å². The number of carbonyl (C=O) groups is 1. The molecule has 2 unspecified atom stereocenters. The van der Waals surface area contributed by atoms with Crippen molar-refractivity contribution in [1.29, 1.82) is 0 Å². The number of para-hydroxylation sites is 1. The number of aliphatic hydroxyl groups excluding tert-OH is 1. The molecule has 0 bridgehead atoms. The van der Waals surface area contributed by atoms with E-state index in [9.17, 15) is 9.90 Å². The molecule has 1 fully saturated rings. The Morgan fingerprint density at radius 2 is 2.10 bits per heavy atom. The fourth-order valence-electron chi connectivity index (χ4n) is 2.78. The lowest BCUT2D eigenvalue weighted by atomic mass is 10.1. The molecular formula is C15H17N3O3. The van der Waals surface area contributed by atoms with Crippen LogP contribution >= 0.6 is 0 Å². The van der Waals surface area contributed by atoms with E-state index in [1.807, 2.05) is 18.2 Å². The number of carboxylic acids is 1. The maximum Gasteiger partial charge on any atom is 0.374 e. The van der Waals surface area contributed by atoms with Crippen molar-refractivity contribution in [2.75, 3.05) is 11.9 Å². The zero-order chi connectivity index (χ0) is 14.8. The lowest BCUT2D eigenvalue weighted by Crippen LogP contribution is -2.15. The van der Waals surface area contributed by atoms with E-state index in [0.717, 1.165) is 24.6 Å². The predicted molar refractivity (Wildman–Crippen MR) is 78.3 cm³/mol. The quantitative estimate of drug-likeness (QED) is 0.795. The SMILES string of the molecule is O=C(O)c1nc(NCC2CCC(O)C2)c2ccccc2n1. The number of rotatable bonds is 4. The molecule has 1 aliphatic carbocycles. The van der Waals surface area contributed by atoms with Crippen molar-refractivity contribution in [2.45, 2.75) is 25.4 Å². The van der Waals surface area contributed by atoms with Crippen LogP contribution in [0.25, 0.3) is 10.9 Å². The lowest BCUT2D eigenvalue weighted by molar-refractivity contribution is 0.0684. The van der Waals surface area contributed by atoms with Crippen LogP contribution < -0.4 is 5.32 Å². The molecule has 6 heteroatoms. The van der Waals surface area contributed by atoms with Gasteiger partial charge in [-0.25, -0.2) is 14.8 Å². The van der Waals surface area contributed by atoms with Gasteiger partial charge in [0.1, 0.15) is 5.82 Å². The number of nitrogens with one attached hydrogen (secondary N) is 1. The van der Waals surface area contributed by atoms with Crippen molar-refractivity contribution in [1.82, 2.24) is 9.97 Å². The van der Waals surface area contributed by atoms with Crippen molar-refractivity contribution >= 4 is 22.7 Å². The Hall–Kier alpha value is -2.21. The predicted octanol–water partition coefficient (Wildman–Crippen LogP) is 1.90. The van der Waals surface area contributed by atoms with E-state index in [4.69, 9.17) is 5.11 Å². The van der Waals surface area contributed by atoms with Gasteiger partial charge in [0.15, 0.2) is 0 Å². The Bertz CT molecular complexity index is 674. The lowest BCUT2D eigenvalue weighted by Gasteiger charge is -2.13. The number of hydrogen-bond acceptors (Lipinski definition) is 5. The summed E-state index contributed by atoms with van der Waals surface area (Å²) in [4.78, 5) is 19.2. The molecule has 6 nitrogen and oxygen atoms in total. The van der Waals surface area contributed by atoms with Gasteiger partial charge in [0.05, 0.1) is 11.6 Å². The summed E-state index contributed by atoms with van der Waals surface area (Å²) in [5, 5.41) is 22.7. The summed E-state index contributed by atoms with van der Waals surface area (Å²) < 4.78 is 0. The molecule has 3 rings (SSSR count). The maximum atomic E-state index is 11.1. The van der Waals surface area contributed by atoms with Crippen LogP contribution in [0.15, 0.2) is 24.3 Å². The zero-order valence-electron chi connectivity index (χ0n) is 11.5. The standard InChI is InChI=1S/C15H17N3O3/c19-10-6-5-9(7-10)8-16-13-11-3-1-2-4-12(11)17-14(18-13)15(20)21/h1-4,9-10,19H,5-8H2,(H,20,21)(H,16,17,18). The van der Waals surface area contributed by atoms with Gasteiger partial charge >= 0.3 is 5.97 Å². The van der Waals surface area contributed by atoms with Crippen molar-refractivity contribution in [2.24, 2.45) is 5.92 Å². The van der Waals surface area contributed by atoms with Crippen molar-refractivity contribution in [3.8, 4) is 0 Å². The molecule has 0 amide bonds. The van der Waals surface area contributed by atoms with Crippen molar-refractivity contribution in [3.63, 3.8) is 0 Å². The van der Waals surface area contributed by atoms with Gasteiger partial charge in [0, 0.05) is 11.9 Å². The maximum absolute atomic E-state index is 11.1. The normalized spacial score (nSPS) is 21.6. The van der Waals surface area contributed by atoms with Gasteiger partial charge in [-0.1, -0.05) is 12.1 Å². The minimum atomic E-state index is -1.14. The number of aliphatic hydroxyl groups is 1. The third kappa shape index (κ3) is 2.95. The Labute approximate surface area is 121 Å². The first-order valence-electron chi connectivity index (χ1n) is 7.05. The second kappa shape index (κ2) is 5.65. The van der Waals surface area contributed by atoms with Gasteiger partial charge in [0.25, 0.3) is 0 Å². The first kappa shape index (κ1) is 13.8. The van der Waals surface area contributed by atoms with Crippen LogP contribution in [-0.4, -0.2) is 38.8 Å². The highest BCUT2D eigenvalue weighted by atomic mass is 16.4.